The highest BCUT2D eigenvalue weighted by Gasteiger charge is 2.32. The molecule has 0 radical (unpaired) electrons. The van der Waals surface area contributed by atoms with Gasteiger partial charge < -0.3 is 19.9 Å². The Bertz CT molecular complexity index is 369. The zero-order chi connectivity index (χ0) is 13.0. The lowest BCUT2D eigenvalue weighted by molar-refractivity contribution is -0.133. The molecular formula is C12H21N3O3. The lowest BCUT2D eigenvalue weighted by Gasteiger charge is -2.33. The largest absolute Gasteiger partial charge is 0.390 e. The van der Waals surface area contributed by atoms with Crippen molar-refractivity contribution in [3.63, 3.8) is 0 Å². The summed E-state index contributed by atoms with van der Waals surface area (Å²) in [4.78, 5) is 0. The van der Waals surface area contributed by atoms with Gasteiger partial charge in [0.2, 0.25) is 0 Å². The molecule has 102 valence electrons. The number of rotatable bonds is 5. The minimum atomic E-state index is -0.467. The van der Waals surface area contributed by atoms with E-state index in [1.165, 1.54) is 0 Å². The number of aromatic nitrogens is 2. The molecule has 1 saturated heterocycles. The Kier molecular flexibility index (Phi) is 4.71. The van der Waals surface area contributed by atoms with Crippen molar-refractivity contribution in [3.8, 4) is 0 Å². The number of nitrogens with zero attached hydrogens (tertiary/aromatic N) is 2. The SMILES string of the molecule is CO[C@@H]1COC[C@@H](CNCc2cnn(C)c2)[C@@H]1O. The van der Waals surface area contributed by atoms with Crippen molar-refractivity contribution >= 4 is 0 Å². The summed E-state index contributed by atoms with van der Waals surface area (Å²) < 4.78 is 12.4. The van der Waals surface area contributed by atoms with Crippen LogP contribution in [-0.4, -0.2) is 54.0 Å². The summed E-state index contributed by atoms with van der Waals surface area (Å²) in [6, 6.07) is 0. The first-order chi connectivity index (χ1) is 8.70. The van der Waals surface area contributed by atoms with E-state index >= 15 is 0 Å². The van der Waals surface area contributed by atoms with Crippen LogP contribution in [0.5, 0.6) is 0 Å². The molecule has 1 aliphatic rings. The van der Waals surface area contributed by atoms with Crippen molar-refractivity contribution in [2.75, 3.05) is 26.9 Å². The van der Waals surface area contributed by atoms with E-state index in [1.807, 2.05) is 19.4 Å². The fourth-order valence-corrected chi connectivity index (χ4v) is 2.19. The smallest absolute Gasteiger partial charge is 0.107 e. The number of hydrogen-bond donors (Lipinski definition) is 2. The molecular weight excluding hydrogens is 234 g/mol. The fraction of sp³-hybridized carbons (Fsp3) is 0.750. The van der Waals surface area contributed by atoms with Crippen LogP contribution < -0.4 is 5.32 Å². The van der Waals surface area contributed by atoms with Gasteiger partial charge in [-0.15, -0.1) is 0 Å². The van der Waals surface area contributed by atoms with E-state index in [0.717, 1.165) is 12.1 Å². The zero-order valence-electron chi connectivity index (χ0n) is 10.9. The van der Waals surface area contributed by atoms with Crippen molar-refractivity contribution in [2.45, 2.75) is 18.8 Å². The van der Waals surface area contributed by atoms with Gasteiger partial charge in [-0.25, -0.2) is 0 Å². The maximum atomic E-state index is 10.1. The van der Waals surface area contributed by atoms with E-state index in [0.29, 0.717) is 19.8 Å². The second-order valence-electron chi connectivity index (χ2n) is 4.72. The van der Waals surface area contributed by atoms with E-state index in [-0.39, 0.29) is 12.0 Å². The molecule has 1 fully saturated rings. The fourth-order valence-electron chi connectivity index (χ4n) is 2.19. The maximum absolute atomic E-state index is 10.1. The third-order valence-electron chi connectivity index (χ3n) is 3.27. The lowest BCUT2D eigenvalue weighted by atomic mass is 9.96. The molecule has 0 spiro atoms. The van der Waals surface area contributed by atoms with Gasteiger partial charge >= 0.3 is 0 Å². The number of ether oxygens (including phenoxy) is 2. The minimum Gasteiger partial charge on any atom is -0.390 e. The van der Waals surface area contributed by atoms with Crippen molar-refractivity contribution in [1.29, 1.82) is 0 Å². The molecule has 6 heteroatoms. The van der Waals surface area contributed by atoms with Crippen LogP contribution in [0, 0.1) is 5.92 Å². The van der Waals surface area contributed by atoms with Crippen LogP contribution in [0.1, 0.15) is 5.56 Å². The summed E-state index contributed by atoms with van der Waals surface area (Å²) in [5.74, 6) is 0.0698. The van der Waals surface area contributed by atoms with Crippen molar-refractivity contribution in [3.05, 3.63) is 18.0 Å². The summed E-state index contributed by atoms with van der Waals surface area (Å²) in [7, 11) is 3.49. The quantitative estimate of drug-likeness (QED) is 0.744. The molecule has 1 aliphatic heterocycles. The molecule has 1 aromatic heterocycles. The van der Waals surface area contributed by atoms with Crippen molar-refractivity contribution < 1.29 is 14.6 Å². The standard InChI is InChI=1S/C12H21N3O3/c1-15-6-9(4-14-15)3-13-5-10-7-18-8-11(17-2)12(10)16/h4,6,10-13,16H,3,5,7-8H2,1-2H3/t10-,11-,12+/m1/s1. The van der Waals surface area contributed by atoms with Crippen LogP contribution in [0.4, 0.5) is 0 Å². The predicted octanol–water partition coefficient (Wildman–Crippen LogP) is -0.468. The number of hydrogen-bond acceptors (Lipinski definition) is 5. The van der Waals surface area contributed by atoms with Crippen LogP contribution >= 0.6 is 0 Å². The maximum Gasteiger partial charge on any atom is 0.107 e. The average Bonchev–Trinajstić information content (AvgIpc) is 2.77. The number of methoxy groups -OCH3 is 1. The predicted molar refractivity (Wildman–Crippen MR) is 66.0 cm³/mol. The third kappa shape index (κ3) is 3.29. The molecule has 0 unspecified atom stereocenters. The molecule has 2 rings (SSSR count). The summed E-state index contributed by atoms with van der Waals surface area (Å²) in [5, 5.41) is 17.5. The van der Waals surface area contributed by atoms with E-state index in [9.17, 15) is 5.11 Å². The van der Waals surface area contributed by atoms with Crippen molar-refractivity contribution in [2.24, 2.45) is 13.0 Å². The van der Waals surface area contributed by atoms with Crippen LogP contribution in [0.3, 0.4) is 0 Å². The van der Waals surface area contributed by atoms with Gasteiger partial charge in [-0.1, -0.05) is 0 Å². The molecule has 0 aromatic carbocycles. The molecule has 0 saturated carbocycles. The molecule has 3 atom stereocenters. The monoisotopic (exact) mass is 255 g/mol. The Balaban J connectivity index is 1.75. The molecule has 2 heterocycles. The summed E-state index contributed by atoms with van der Waals surface area (Å²) in [5.41, 5.74) is 1.13. The number of aliphatic hydroxyl groups excluding tert-OH is 1. The Labute approximate surface area is 107 Å². The topological polar surface area (TPSA) is 68.5 Å². The van der Waals surface area contributed by atoms with Gasteiger partial charge in [-0.05, 0) is 0 Å². The second-order valence-corrected chi connectivity index (χ2v) is 4.72. The van der Waals surface area contributed by atoms with E-state index < -0.39 is 6.10 Å². The van der Waals surface area contributed by atoms with Gasteiger partial charge in [0.05, 0.1) is 25.5 Å². The molecule has 6 nitrogen and oxygen atoms in total. The highest BCUT2D eigenvalue weighted by atomic mass is 16.5. The first-order valence-corrected chi connectivity index (χ1v) is 6.17. The first-order valence-electron chi connectivity index (χ1n) is 6.17. The van der Waals surface area contributed by atoms with Gasteiger partial charge in [-0.3, -0.25) is 4.68 Å². The molecule has 2 N–H and O–H groups in total. The zero-order valence-corrected chi connectivity index (χ0v) is 10.9. The van der Waals surface area contributed by atoms with Crippen molar-refractivity contribution in [1.82, 2.24) is 15.1 Å². The number of aliphatic hydroxyl groups is 1. The Hall–Kier alpha value is -0.950. The summed E-state index contributed by atoms with van der Waals surface area (Å²) in [6.07, 6.45) is 3.12. The van der Waals surface area contributed by atoms with Crippen LogP contribution in [-0.2, 0) is 23.1 Å². The average molecular weight is 255 g/mol. The normalized spacial score (nSPS) is 28.5. The minimum absolute atomic E-state index is 0.0698. The van der Waals surface area contributed by atoms with E-state index in [4.69, 9.17) is 9.47 Å². The Morgan fingerprint density at radius 2 is 2.44 bits per heavy atom. The molecule has 0 amide bonds. The van der Waals surface area contributed by atoms with Gasteiger partial charge in [0.1, 0.15) is 6.10 Å². The summed E-state index contributed by atoms with van der Waals surface area (Å²) >= 11 is 0. The van der Waals surface area contributed by atoms with E-state index in [1.54, 1.807) is 11.8 Å². The first kappa shape index (κ1) is 13.5. The van der Waals surface area contributed by atoms with Crippen LogP contribution in [0.25, 0.3) is 0 Å². The Morgan fingerprint density at radius 3 is 3.11 bits per heavy atom. The second kappa shape index (κ2) is 6.29. The summed E-state index contributed by atoms with van der Waals surface area (Å²) in [6.45, 7) is 2.49. The number of aryl methyl sites for hydroxylation is 1. The van der Waals surface area contributed by atoms with Gasteiger partial charge in [-0.2, -0.15) is 5.10 Å². The highest BCUT2D eigenvalue weighted by Crippen LogP contribution is 2.16. The van der Waals surface area contributed by atoms with Gasteiger partial charge in [0, 0.05) is 44.9 Å². The van der Waals surface area contributed by atoms with E-state index in [2.05, 4.69) is 10.4 Å². The molecule has 0 aliphatic carbocycles. The highest BCUT2D eigenvalue weighted by molar-refractivity contribution is 5.02. The molecule has 1 aromatic rings. The van der Waals surface area contributed by atoms with Crippen LogP contribution in [0.2, 0.25) is 0 Å². The lowest BCUT2D eigenvalue weighted by Crippen LogP contribution is -2.48. The van der Waals surface area contributed by atoms with Gasteiger partial charge in [0.15, 0.2) is 0 Å². The third-order valence-corrected chi connectivity index (χ3v) is 3.27. The molecule has 18 heavy (non-hydrogen) atoms. The molecule has 0 bridgehead atoms. The number of nitrogens with one attached hydrogen (secondary N) is 1. The Morgan fingerprint density at radius 1 is 1.61 bits per heavy atom. The van der Waals surface area contributed by atoms with Crippen LogP contribution in [0.15, 0.2) is 12.4 Å². The van der Waals surface area contributed by atoms with Gasteiger partial charge in [0.25, 0.3) is 0 Å².